The van der Waals surface area contributed by atoms with Gasteiger partial charge >= 0.3 is 0 Å². The Balaban J connectivity index is 2.55. The first-order valence-corrected chi connectivity index (χ1v) is 4.15. The molecule has 0 aromatic heterocycles. The summed E-state index contributed by atoms with van der Waals surface area (Å²) >= 11 is 0. The second-order valence-corrected chi connectivity index (χ2v) is 3.73. The van der Waals surface area contributed by atoms with E-state index in [0.717, 1.165) is 0 Å². The van der Waals surface area contributed by atoms with Crippen LogP contribution in [0.3, 0.4) is 0 Å². The van der Waals surface area contributed by atoms with Gasteiger partial charge in [0.2, 0.25) is 0 Å². The normalized spacial score (nSPS) is 11.4. The average molecular weight is 183 g/mol. The average Bonchev–Trinajstić information content (AvgIpc) is 2.00. The van der Waals surface area contributed by atoms with Gasteiger partial charge < -0.3 is 10.5 Å². The number of hydrogen-bond acceptors (Lipinski definition) is 2. The molecule has 0 aliphatic carbocycles. The van der Waals surface area contributed by atoms with Crippen molar-refractivity contribution in [3.05, 3.63) is 30.1 Å². The van der Waals surface area contributed by atoms with Gasteiger partial charge in [0, 0.05) is 11.6 Å². The van der Waals surface area contributed by atoms with Crippen molar-refractivity contribution in [2.75, 3.05) is 6.61 Å². The van der Waals surface area contributed by atoms with Gasteiger partial charge in [-0.1, -0.05) is 6.07 Å². The number of halogens is 1. The number of rotatable bonds is 3. The predicted octanol–water partition coefficient (Wildman–Crippen LogP) is 1.94. The van der Waals surface area contributed by atoms with Crippen molar-refractivity contribution >= 4 is 0 Å². The Labute approximate surface area is 77.5 Å². The molecule has 0 heterocycles. The molecule has 0 saturated heterocycles. The number of nitrogens with two attached hydrogens (primary N) is 1. The van der Waals surface area contributed by atoms with Gasteiger partial charge in [0.1, 0.15) is 18.2 Å². The van der Waals surface area contributed by atoms with Gasteiger partial charge in [0.25, 0.3) is 0 Å². The van der Waals surface area contributed by atoms with Gasteiger partial charge in [-0.25, -0.2) is 4.39 Å². The number of benzene rings is 1. The minimum absolute atomic E-state index is 0.299. The van der Waals surface area contributed by atoms with E-state index in [1.165, 1.54) is 12.1 Å². The highest BCUT2D eigenvalue weighted by Crippen LogP contribution is 2.13. The minimum atomic E-state index is -0.397. The second kappa shape index (κ2) is 3.75. The lowest BCUT2D eigenvalue weighted by molar-refractivity contribution is 0.242. The summed E-state index contributed by atoms with van der Waals surface area (Å²) in [5, 5.41) is 0. The lowest BCUT2D eigenvalue weighted by atomic mass is 10.1. The molecule has 0 atom stereocenters. The third kappa shape index (κ3) is 3.90. The monoisotopic (exact) mass is 183 g/mol. The summed E-state index contributed by atoms with van der Waals surface area (Å²) < 4.78 is 18.0. The smallest absolute Gasteiger partial charge is 0.126 e. The summed E-state index contributed by atoms with van der Waals surface area (Å²) in [6.07, 6.45) is 0. The quantitative estimate of drug-likeness (QED) is 0.777. The van der Waals surface area contributed by atoms with Gasteiger partial charge in [-0.2, -0.15) is 0 Å². The van der Waals surface area contributed by atoms with E-state index in [4.69, 9.17) is 10.5 Å². The Hall–Kier alpha value is -1.09. The maximum atomic E-state index is 12.7. The molecule has 0 fully saturated rings. The van der Waals surface area contributed by atoms with E-state index in [1.54, 1.807) is 12.1 Å². The Morgan fingerprint density at radius 2 is 2.15 bits per heavy atom. The van der Waals surface area contributed by atoms with Crippen LogP contribution in [0.2, 0.25) is 0 Å². The first kappa shape index (κ1) is 9.99. The zero-order chi connectivity index (χ0) is 9.90. The molecular formula is C10H14FNO. The first-order chi connectivity index (χ1) is 5.97. The fourth-order valence-electron chi connectivity index (χ4n) is 0.826. The van der Waals surface area contributed by atoms with Crippen molar-refractivity contribution in [1.82, 2.24) is 0 Å². The van der Waals surface area contributed by atoms with Gasteiger partial charge in [-0.15, -0.1) is 0 Å². The molecule has 0 aliphatic heterocycles. The number of hydrogen-bond donors (Lipinski definition) is 1. The van der Waals surface area contributed by atoms with Crippen LogP contribution in [0.5, 0.6) is 5.75 Å². The molecule has 2 N–H and O–H groups in total. The van der Waals surface area contributed by atoms with E-state index in [9.17, 15) is 4.39 Å². The summed E-state index contributed by atoms with van der Waals surface area (Å²) in [7, 11) is 0. The van der Waals surface area contributed by atoms with Crippen molar-refractivity contribution in [1.29, 1.82) is 0 Å². The molecule has 72 valence electrons. The van der Waals surface area contributed by atoms with E-state index in [-0.39, 0.29) is 5.82 Å². The van der Waals surface area contributed by atoms with Crippen LogP contribution in [-0.2, 0) is 0 Å². The van der Waals surface area contributed by atoms with Crippen LogP contribution >= 0.6 is 0 Å². The fraction of sp³-hybridized carbons (Fsp3) is 0.400. The summed E-state index contributed by atoms with van der Waals surface area (Å²) in [4.78, 5) is 0. The standard InChI is InChI=1S/C10H14FNO/c1-10(2,12)7-13-9-5-3-4-8(11)6-9/h3-6H,7,12H2,1-2H3. The molecule has 0 bridgehead atoms. The van der Waals surface area contributed by atoms with E-state index >= 15 is 0 Å². The maximum Gasteiger partial charge on any atom is 0.126 e. The predicted molar refractivity (Wildman–Crippen MR) is 50.2 cm³/mol. The van der Waals surface area contributed by atoms with E-state index in [0.29, 0.717) is 12.4 Å². The van der Waals surface area contributed by atoms with Gasteiger partial charge in [0.15, 0.2) is 0 Å². The third-order valence-electron chi connectivity index (χ3n) is 1.41. The molecular weight excluding hydrogens is 169 g/mol. The number of ether oxygens (including phenoxy) is 1. The molecule has 0 aliphatic rings. The molecule has 0 amide bonds. The lowest BCUT2D eigenvalue weighted by Gasteiger charge is -2.18. The van der Waals surface area contributed by atoms with Crippen molar-refractivity contribution in [3.8, 4) is 5.75 Å². The highest BCUT2D eigenvalue weighted by atomic mass is 19.1. The van der Waals surface area contributed by atoms with Crippen LogP contribution in [0.4, 0.5) is 4.39 Å². The van der Waals surface area contributed by atoms with Crippen LogP contribution in [0.15, 0.2) is 24.3 Å². The fourth-order valence-corrected chi connectivity index (χ4v) is 0.826. The van der Waals surface area contributed by atoms with Crippen LogP contribution in [0.25, 0.3) is 0 Å². The summed E-state index contributed by atoms with van der Waals surface area (Å²) in [6.45, 7) is 4.08. The second-order valence-electron chi connectivity index (χ2n) is 3.73. The summed E-state index contributed by atoms with van der Waals surface area (Å²) in [6, 6.07) is 6.02. The SMILES string of the molecule is CC(C)(N)COc1cccc(F)c1. The largest absolute Gasteiger partial charge is 0.492 e. The molecule has 0 unspecified atom stereocenters. The molecule has 3 heteroatoms. The van der Waals surface area contributed by atoms with E-state index in [2.05, 4.69) is 0 Å². The van der Waals surface area contributed by atoms with Gasteiger partial charge in [-0.3, -0.25) is 0 Å². The van der Waals surface area contributed by atoms with Crippen molar-refractivity contribution in [2.24, 2.45) is 5.73 Å². The molecule has 1 aromatic rings. The minimum Gasteiger partial charge on any atom is -0.492 e. The zero-order valence-electron chi connectivity index (χ0n) is 7.88. The highest BCUT2D eigenvalue weighted by Gasteiger charge is 2.11. The van der Waals surface area contributed by atoms with Gasteiger partial charge in [-0.05, 0) is 26.0 Å². The van der Waals surface area contributed by atoms with Gasteiger partial charge in [0.05, 0.1) is 0 Å². The van der Waals surface area contributed by atoms with Crippen molar-refractivity contribution in [3.63, 3.8) is 0 Å². The molecule has 1 rings (SSSR count). The van der Waals surface area contributed by atoms with Crippen LogP contribution in [0.1, 0.15) is 13.8 Å². The Morgan fingerprint density at radius 3 is 2.69 bits per heavy atom. The molecule has 1 aromatic carbocycles. The Morgan fingerprint density at radius 1 is 1.46 bits per heavy atom. The topological polar surface area (TPSA) is 35.2 Å². The summed E-state index contributed by atoms with van der Waals surface area (Å²) in [5.74, 6) is 0.214. The van der Waals surface area contributed by atoms with Crippen LogP contribution < -0.4 is 10.5 Å². The molecule has 13 heavy (non-hydrogen) atoms. The lowest BCUT2D eigenvalue weighted by Crippen LogP contribution is -2.38. The Kier molecular flexibility index (Phi) is 2.88. The van der Waals surface area contributed by atoms with E-state index < -0.39 is 5.54 Å². The molecule has 2 nitrogen and oxygen atoms in total. The molecule has 0 spiro atoms. The highest BCUT2D eigenvalue weighted by molar-refractivity contribution is 5.22. The third-order valence-corrected chi connectivity index (χ3v) is 1.41. The summed E-state index contributed by atoms with van der Waals surface area (Å²) in [5.41, 5.74) is 5.31. The molecule has 0 radical (unpaired) electrons. The van der Waals surface area contributed by atoms with Crippen LogP contribution in [-0.4, -0.2) is 12.1 Å². The maximum absolute atomic E-state index is 12.7. The van der Waals surface area contributed by atoms with Crippen molar-refractivity contribution < 1.29 is 9.13 Å². The first-order valence-electron chi connectivity index (χ1n) is 4.15. The van der Waals surface area contributed by atoms with Crippen LogP contribution in [0, 0.1) is 5.82 Å². The van der Waals surface area contributed by atoms with E-state index in [1.807, 2.05) is 13.8 Å². The molecule has 0 saturated carbocycles. The Bertz CT molecular complexity index is 280. The van der Waals surface area contributed by atoms with Crippen molar-refractivity contribution in [2.45, 2.75) is 19.4 Å². The zero-order valence-corrected chi connectivity index (χ0v) is 7.88.